The maximum absolute atomic E-state index is 13.2. The number of hydrogen-bond acceptors (Lipinski definition) is 20. The van der Waals surface area contributed by atoms with E-state index in [-0.39, 0.29) is 232 Å². The SMILES string of the molecule is CCC1=C(CC)c2nc1c([N+](=O)[O-])c1[n-]c(c(CC)c1CC)c([N+](=O)[O-])c1nc(c([N+](=O)[O-])c3[n-]c(c(CC)c3CC)c2[N+](=O)[O-])C(CC)=C1CC.CCC1=C(CC)c2nc1c([N+](=O)[O-])c1[n-]c(c(CC)c1CC)c([N+](=O)[O-])c1nc(c([N+](=O)[O-])c3[n-]c(c(CC)c3CC)c2[N+](=O)[O-])C(CC)=C1CC.O.[Fe+2].[Fe+2]. The van der Waals surface area contributed by atoms with Crippen LogP contribution in [0.15, 0.2) is 0 Å². The molecule has 0 unspecified atom stereocenters. The van der Waals surface area contributed by atoms with E-state index in [1.54, 1.807) is 111 Å². The molecule has 0 saturated carbocycles. The van der Waals surface area contributed by atoms with Gasteiger partial charge >= 0.3 is 34.1 Å². The standard InChI is InChI=1S/2C36H40N8O8.2Fe.H2O/c2*1-9-17-18(10-2)26-34(42(47)48)28-21(13-5)22(14-6)30(39-28)36(44(51)52)32-24(16-8)23(15-7)31(40-32)35(43(49)50)29-20(12-4)19(11-3)27(38-29)33(41(45)46)25(17)37-26;;;/h2*9-16H2,1-8H3;;;1H2/q2*-2;2*+2;. The molecule has 6 aromatic heterocycles. The van der Waals surface area contributed by atoms with Gasteiger partial charge in [0.05, 0.1) is 39.4 Å². The molecule has 4 aliphatic rings. The van der Waals surface area contributed by atoms with Gasteiger partial charge in [0.1, 0.15) is 45.6 Å². The number of rotatable bonds is 24. The molecule has 0 spiro atoms. The van der Waals surface area contributed by atoms with E-state index in [0.717, 1.165) is 0 Å². The summed E-state index contributed by atoms with van der Waals surface area (Å²) >= 11 is 0. The fraction of sp³-hybridized carbons (Fsp3) is 0.444. The Kier molecular flexibility index (Phi) is 27.4. The van der Waals surface area contributed by atoms with Crippen LogP contribution in [0.2, 0.25) is 0 Å². The van der Waals surface area contributed by atoms with Crippen LogP contribution in [0, 0.1) is 80.9 Å². The van der Waals surface area contributed by atoms with Gasteiger partial charge < -0.3 is 25.4 Å². The van der Waals surface area contributed by atoms with Crippen molar-refractivity contribution in [1.82, 2.24) is 39.9 Å². The van der Waals surface area contributed by atoms with Gasteiger partial charge in [-0.25, -0.2) is 19.9 Å². The Bertz CT molecular complexity index is 4340. The minimum atomic E-state index is -0.633. The molecule has 0 radical (unpaired) electrons. The van der Waals surface area contributed by atoms with Crippen molar-refractivity contribution in [1.29, 1.82) is 0 Å². The van der Waals surface area contributed by atoms with Crippen LogP contribution in [0.5, 0.6) is 0 Å². The Labute approximate surface area is 634 Å². The van der Waals surface area contributed by atoms with Crippen LogP contribution in [0.1, 0.15) is 252 Å². The molecule has 10 heterocycles. The van der Waals surface area contributed by atoms with Crippen molar-refractivity contribution in [3.63, 3.8) is 0 Å². The summed E-state index contributed by atoms with van der Waals surface area (Å²) in [6.07, 6.45) is 3.48. The van der Waals surface area contributed by atoms with Crippen LogP contribution in [0.3, 0.4) is 0 Å². The number of allylic oxidation sites excluding steroid dienone is 8. The molecule has 10 rings (SSSR count). The molecule has 35 heteroatoms. The first kappa shape index (κ1) is 85.3. The summed E-state index contributed by atoms with van der Waals surface area (Å²) in [4.78, 5) is 137. The Balaban J connectivity index is 0.000000326. The van der Waals surface area contributed by atoms with Crippen molar-refractivity contribution < 1.29 is 79.0 Å². The topological polar surface area (TPSA) is 485 Å². The zero-order valence-corrected chi connectivity index (χ0v) is 64.4. The van der Waals surface area contributed by atoms with Gasteiger partial charge in [-0.3, -0.25) is 80.9 Å². The molecule has 2 N–H and O–H groups in total. The van der Waals surface area contributed by atoms with E-state index in [9.17, 15) is 80.9 Å². The van der Waals surface area contributed by atoms with Gasteiger partial charge in [-0.15, -0.1) is 0 Å². The number of fused-ring (bicyclic) bond motifs is 16. The second-order valence-electron chi connectivity index (χ2n) is 24.6. The number of aromatic nitrogens is 8. The van der Waals surface area contributed by atoms with E-state index in [4.69, 9.17) is 0 Å². The number of aryl methyl sites for hydroxylation is 8. The fourth-order valence-electron chi connectivity index (χ4n) is 15.8. The average Bonchev–Trinajstić information content (AvgIpc) is 1.58. The van der Waals surface area contributed by atoms with Crippen molar-refractivity contribution in [2.45, 2.75) is 214 Å². The summed E-state index contributed by atoms with van der Waals surface area (Å²) in [5.41, 5.74) is 0.343. The van der Waals surface area contributed by atoms with Crippen molar-refractivity contribution in [2.24, 2.45) is 0 Å². The Morgan fingerprint density at radius 3 is 0.364 bits per heavy atom. The van der Waals surface area contributed by atoms with Gasteiger partial charge in [0.25, 0.3) is 45.5 Å². The fourth-order valence-corrected chi connectivity index (χ4v) is 15.8. The average molecular weight is 1560 g/mol. The molecule has 16 bridgehead atoms. The van der Waals surface area contributed by atoms with Crippen LogP contribution in [-0.2, 0) is 85.5 Å². The van der Waals surface area contributed by atoms with E-state index in [0.29, 0.717) is 89.1 Å². The summed E-state index contributed by atoms with van der Waals surface area (Å²) < 4.78 is 0. The van der Waals surface area contributed by atoms with Crippen molar-refractivity contribution >= 4 is 134 Å². The van der Waals surface area contributed by atoms with Gasteiger partial charge in [-0.05, 0) is 147 Å². The summed E-state index contributed by atoms with van der Waals surface area (Å²) in [5.74, 6) is 0. The molecular weight excluding hydrogens is 1470 g/mol. The summed E-state index contributed by atoms with van der Waals surface area (Å²) in [5, 5.41) is 105. The van der Waals surface area contributed by atoms with Gasteiger partial charge in [0, 0.05) is 0 Å². The molecule has 0 aromatic carbocycles. The van der Waals surface area contributed by atoms with E-state index in [1.165, 1.54) is 0 Å². The molecule has 33 nitrogen and oxygen atoms in total. The maximum atomic E-state index is 13.2. The van der Waals surface area contributed by atoms with Crippen LogP contribution in [0.4, 0.5) is 45.5 Å². The van der Waals surface area contributed by atoms with E-state index in [1.807, 2.05) is 0 Å². The van der Waals surface area contributed by atoms with Crippen LogP contribution in [0.25, 0.3) is 88.7 Å². The molecule has 107 heavy (non-hydrogen) atoms. The minimum Gasteiger partial charge on any atom is -0.646 e. The molecule has 0 fully saturated rings. The third-order valence-electron chi connectivity index (χ3n) is 20.0. The Morgan fingerprint density at radius 2 is 0.299 bits per heavy atom. The zero-order valence-electron chi connectivity index (χ0n) is 62.2. The van der Waals surface area contributed by atoms with Crippen molar-refractivity contribution in [3.05, 3.63) is 171 Å². The number of hydrogen-bond donors (Lipinski definition) is 0. The molecule has 568 valence electrons. The smallest absolute Gasteiger partial charge is 0.646 e. The maximum Gasteiger partial charge on any atom is 2.00 e. The third kappa shape index (κ3) is 13.8. The van der Waals surface area contributed by atoms with Crippen LogP contribution >= 0.6 is 0 Å². The molecular formula is C72H82Fe2N16O17. The summed E-state index contributed by atoms with van der Waals surface area (Å²) in [7, 11) is 0. The largest absolute Gasteiger partial charge is 2.00 e. The van der Waals surface area contributed by atoms with E-state index < -0.39 is 84.9 Å². The van der Waals surface area contributed by atoms with E-state index in [2.05, 4.69) is 39.9 Å². The molecule has 0 amide bonds. The summed E-state index contributed by atoms with van der Waals surface area (Å²) in [6.45, 7) is 28.2. The first-order chi connectivity index (χ1) is 49.6. The summed E-state index contributed by atoms with van der Waals surface area (Å²) in [6, 6.07) is 0. The van der Waals surface area contributed by atoms with Crippen LogP contribution < -0.4 is 19.9 Å². The predicted octanol–water partition coefficient (Wildman–Crippen LogP) is 17.0. The number of nitro groups is 8. The second-order valence-corrected chi connectivity index (χ2v) is 24.6. The molecule has 6 aromatic rings. The molecule has 0 saturated heterocycles. The van der Waals surface area contributed by atoms with E-state index >= 15 is 0 Å². The van der Waals surface area contributed by atoms with Gasteiger partial charge in [0.2, 0.25) is 0 Å². The molecule has 4 aliphatic heterocycles. The Hall–Kier alpha value is -10.6. The third-order valence-corrected chi connectivity index (χ3v) is 20.0. The predicted molar refractivity (Wildman–Crippen MR) is 399 cm³/mol. The van der Waals surface area contributed by atoms with Gasteiger partial charge in [0.15, 0.2) is 0 Å². The van der Waals surface area contributed by atoms with Gasteiger partial charge in [-0.1, -0.05) is 199 Å². The Morgan fingerprint density at radius 1 is 0.206 bits per heavy atom. The normalized spacial score (nSPS) is 12.6. The first-order valence-corrected chi connectivity index (χ1v) is 35.3. The second kappa shape index (κ2) is 34.3. The van der Waals surface area contributed by atoms with Crippen molar-refractivity contribution in [3.8, 4) is 0 Å². The molecule has 0 aliphatic carbocycles. The van der Waals surface area contributed by atoms with Gasteiger partial charge in [-0.2, -0.15) is 0 Å². The zero-order chi connectivity index (χ0) is 76.7. The van der Waals surface area contributed by atoms with Crippen LogP contribution in [-0.4, -0.2) is 64.8 Å². The van der Waals surface area contributed by atoms with Crippen molar-refractivity contribution in [2.75, 3.05) is 0 Å². The monoisotopic (exact) mass is 1550 g/mol. The minimum absolute atomic E-state index is 0. The number of nitrogens with zero attached hydrogens (tertiary/aromatic N) is 16. The molecule has 0 atom stereocenters. The first-order valence-electron chi connectivity index (χ1n) is 35.3. The quantitative estimate of drug-likeness (QED) is 0.0308.